The minimum absolute atomic E-state index is 0.0505. The van der Waals surface area contributed by atoms with E-state index in [-0.39, 0.29) is 12.1 Å². The lowest BCUT2D eigenvalue weighted by Gasteiger charge is -2.29. The second-order valence-corrected chi connectivity index (χ2v) is 8.63. The van der Waals surface area contributed by atoms with Crippen LogP contribution >= 0.6 is 27.7 Å². The van der Waals surface area contributed by atoms with E-state index in [0.717, 1.165) is 38.9 Å². The highest BCUT2D eigenvalue weighted by Crippen LogP contribution is 2.50. The third-order valence-electron chi connectivity index (χ3n) is 4.70. The highest BCUT2D eigenvalue weighted by molar-refractivity contribution is 9.10. The van der Waals surface area contributed by atoms with E-state index < -0.39 is 0 Å². The molecule has 4 rings (SSSR count). The van der Waals surface area contributed by atoms with Crippen LogP contribution in [0.15, 0.2) is 46.0 Å². The number of aliphatic imine (C=N–C) groups is 1. The summed E-state index contributed by atoms with van der Waals surface area (Å²) in [5.74, 6) is 1.56. The lowest BCUT2D eigenvalue weighted by atomic mass is 9.95. The van der Waals surface area contributed by atoms with Gasteiger partial charge in [-0.25, -0.2) is 0 Å². The molecule has 3 atom stereocenters. The van der Waals surface area contributed by atoms with E-state index in [9.17, 15) is 0 Å². The van der Waals surface area contributed by atoms with Crippen LogP contribution in [0.5, 0.6) is 11.5 Å². The number of nitrogens with zero attached hydrogens (tertiary/aromatic N) is 3. The predicted octanol–water partition coefficient (Wildman–Crippen LogP) is 4.45. The van der Waals surface area contributed by atoms with Crippen LogP contribution in [-0.2, 0) is 0 Å². The number of pyridine rings is 1. The van der Waals surface area contributed by atoms with E-state index in [0.29, 0.717) is 5.25 Å². The predicted molar refractivity (Wildman–Crippen MR) is 108 cm³/mol. The fraction of sp³-hybridized carbons (Fsp3) is 0.368. The molecule has 0 spiro atoms. The largest absolute Gasteiger partial charge is 0.496 e. The molecule has 2 aromatic rings. The number of benzene rings is 1. The lowest BCUT2D eigenvalue weighted by Crippen LogP contribution is -2.29. The molecule has 0 saturated carbocycles. The first-order valence-corrected chi connectivity index (χ1v) is 10.1. The summed E-state index contributed by atoms with van der Waals surface area (Å²) in [7, 11) is 3.35. The van der Waals surface area contributed by atoms with Crippen LogP contribution in [0.25, 0.3) is 0 Å². The number of hydrogen-bond acceptors (Lipinski definition) is 6. The number of ether oxygens (including phenoxy) is 2. The fourth-order valence-corrected chi connectivity index (χ4v) is 5.18. The maximum atomic E-state index is 5.71. The number of methoxy groups -OCH3 is 2. The first-order valence-electron chi connectivity index (χ1n) is 8.45. The Bertz CT molecular complexity index is 846. The van der Waals surface area contributed by atoms with Crippen molar-refractivity contribution >= 4 is 32.9 Å². The first kappa shape index (κ1) is 17.7. The van der Waals surface area contributed by atoms with Crippen LogP contribution in [-0.4, -0.2) is 41.1 Å². The third-order valence-corrected chi connectivity index (χ3v) is 6.43. The highest BCUT2D eigenvalue weighted by Gasteiger charge is 2.44. The molecule has 0 amide bonds. The van der Waals surface area contributed by atoms with Gasteiger partial charge in [-0.1, -0.05) is 24.8 Å². The number of amidine groups is 1. The monoisotopic (exact) mass is 433 g/mol. The average molecular weight is 434 g/mol. The van der Waals surface area contributed by atoms with Gasteiger partial charge in [-0.05, 0) is 34.1 Å². The van der Waals surface area contributed by atoms with Gasteiger partial charge in [0.05, 0.1) is 30.4 Å². The Kier molecular flexibility index (Phi) is 4.84. The normalized spacial score (nSPS) is 24.4. The number of thioether (sulfide) groups is 1. The van der Waals surface area contributed by atoms with Crippen LogP contribution in [0, 0.1) is 0 Å². The van der Waals surface area contributed by atoms with Gasteiger partial charge in [-0.2, -0.15) is 0 Å². The van der Waals surface area contributed by atoms with Crippen LogP contribution in [0.1, 0.15) is 30.3 Å². The van der Waals surface area contributed by atoms with Gasteiger partial charge >= 0.3 is 0 Å². The summed E-state index contributed by atoms with van der Waals surface area (Å²) in [5, 5.41) is 1.61. The van der Waals surface area contributed by atoms with Gasteiger partial charge in [0.1, 0.15) is 17.5 Å². The molecular weight excluding hydrogens is 414 g/mol. The topological polar surface area (TPSA) is 47.0 Å². The van der Waals surface area contributed by atoms with E-state index in [1.165, 1.54) is 0 Å². The van der Waals surface area contributed by atoms with Gasteiger partial charge in [0.15, 0.2) is 5.17 Å². The minimum Gasteiger partial charge on any atom is -0.496 e. The van der Waals surface area contributed by atoms with Gasteiger partial charge in [0, 0.05) is 29.6 Å². The van der Waals surface area contributed by atoms with E-state index in [1.807, 2.05) is 42.2 Å². The van der Waals surface area contributed by atoms with Crippen molar-refractivity contribution in [1.82, 2.24) is 9.88 Å². The Morgan fingerprint density at radius 2 is 2.00 bits per heavy atom. The van der Waals surface area contributed by atoms with Crippen molar-refractivity contribution in [2.75, 3.05) is 20.8 Å². The number of rotatable bonds is 4. The molecule has 1 aromatic heterocycles. The smallest absolute Gasteiger partial charge is 0.160 e. The van der Waals surface area contributed by atoms with Gasteiger partial charge in [-0.15, -0.1) is 0 Å². The average Bonchev–Trinajstić information content (AvgIpc) is 3.18. The Balaban J connectivity index is 1.83. The van der Waals surface area contributed by atoms with Gasteiger partial charge in [0.25, 0.3) is 0 Å². The standard InChI is InChI=1S/C19H20BrN3O2S/c1-11-10-23-18(12-8-13(20)16(25-3)9-15(12)24-2)17(22-19(23)26-11)14-6-4-5-7-21-14/h4-9,11,17-18H,10H2,1-3H3/t11-,17+,18-/m1/s1. The molecular formula is C19H20BrN3O2S. The summed E-state index contributed by atoms with van der Waals surface area (Å²) in [4.78, 5) is 12.0. The van der Waals surface area contributed by atoms with E-state index >= 15 is 0 Å². The summed E-state index contributed by atoms with van der Waals surface area (Å²) in [6, 6.07) is 10.0. The number of fused-ring (bicyclic) bond motifs is 1. The Labute approximate surface area is 165 Å². The molecule has 2 aliphatic rings. The molecule has 0 bridgehead atoms. The summed E-state index contributed by atoms with van der Waals surface area (Å²) >= 11 is 5.45. The molecule has 3 heterocycles. The SMILES string of the molecule is COc1cc(OC)c([C@@H]2[C@H](c3ccccn3)N=C3S[C@H](C)CN32)cc1Br. The molecule has 1 fully saturated rings. The van der Waals surface area contributed by atoms with Crippen molar-refractivity contribution in [2.45, 2.75) is 24.3 Å². The van der Waals surface area contributed by atoms with Crippen molar-refractivity contribution < 1.29 is 9.47 Å². The minimum atomic E-state index is -0.0552. The molecule has 0 radical (unpaired) electrons. The molecule has 7 heteroatoms. The van der Waals surface area contributed by atoms with Crippen LogP contribution in [0.2, 0.25) is 0 Å². The van der Waals surface area contributed by atoms with Crippen molar-refractivity contribution in [3.05, 3.63) is 52.3 Å². The van der Waals surface area contributed by atoms with Crippen LogP contribution in [0.4, 0.5) is 0 Å². The zero-order chi connectivity index (χ0) is 18.3. The number of halogens is 1. The van der Waals surface area contributed by atoms with Crippen molar-refractivity contribution in [3.63, 3.8) is 0 Å². The molecule has 0 unspecified atom stereocenters. The maximum Gasteiger partial charge on any atom is 0.160 e. The summed E-state index contributed by atoms with van der Waals surface area (Å²) in [6.45, 7) is 3.20. The number of hydrogen-bond donors (Lipinski definition) is 0. The Hall–Kier alpha value is -1.73. The quantitative estimate of drug-likeness (QED) is 0.712. The molecule has 1 saturated heterocycles. The van der Waals surface area contributed by atoms with E-state index in [1.54, 1.807) is 14.2 Å². The summed E-state index contributed by atoms with van der Waals surface area (Å²) in [6.07, 6.45) is 1.83. The summed E-state index contributed by atoms with van der Waals surface area (Å²) < 4.78 is 12.1. The highest BCUT2D eigenvalue weighted by atomic mass is 79.9. The molecule has 26 heavy (non-hydrogen) atoms. The zero-order valence-corrected chi connectivity index (χ0v) is 17.3. The van der Waals surface area contributed by atoms with Crippen molar-refractivity contribution in [2.24, 2.45) is 4.99 Å². The van der Waals surface area contributed by atoms with Gasteiger partial charge in [0.2, 0.25) is 0 Å². The fourth-order valence-electron chi connectivity index (χ4n) is 3.57. The van der Waals surface area contributed by atoms with Gasteiger partial charge in [-0.3, -0.25) is 9.98 Å². The lowest BCUT2D eigenvalue weighted by molar-refractivity contribution is 0.306. The van der Waals surface area contributed by atoms with E-state index in [2.05, 4.69) is 38.8 Å². The molecule has 136 valence electrons. The van der Waals surface area contributed by atoms with E-state index in [4.69, 9.17) is 14.5 Å². The Morgan fingerprint density at radius 1 is 1.19 bits per heavy atom. The molecule has 2 aliphatic heterocycles. The number of aromatic nitrogens is 1. The zero-order valence-electron chi connectivity index (χ0n) is 14.8. The third kappa shape index (κ3) is 2.97. The molecule has 0 N–H and O–H groups in total. The van der Waals surface area contributed by atoms with Crippen LogP contribution < -0.4 is 9.47 Å². The van der Waals surface area contributed by atoms with Gasteiger partial charge < -0.3 is 14.4 Å². The Morgan fingerprint density at radius 3 is 2.69 bits per heavy atom. The molecule has 1 aromatic carbocycles. The second kappa shape index (κ2) is 7.12. The summed E-state index contributed by atoms with van der Waals surface area (Å²) in [5.41, 5.74) is 2.06. The maximum absolute atomic E-state index is 5.71. The van der Waals surface area contributed by atoms with Crippen molar-refractivity contribution in [1.29, 1.82) is 0 Å². The van der Waals surface area contributed by atoms with Crippen LogP contribution in [0.3, 0.4) is 0 Å². The first-order chi connectivity index (χ1) is 12.6. The second-order valence-electron chi connectivity index (χ2n) is 6.37. The molecule has 0 aliphatic carbocycles. The molecule has 5 nitrogen and oxygen atoms in total. The van der Waals surface area contributed by atoms with Crippen molar-refractivity contribution in [3.8, 4) is 11.5 Å².